The first kappa shape index (κ1) is 9.29. The van der Waals surface area contributed by atoms with Crippen molar-refractivity contribution in [2.75, 3.05) is 20.8 Å². The van der Waals surface area contributed by atoms with E-state index in [0.29, 0.717) is 13.2 Å². The number of rotatable bonds is 5. The van der Waals surface area contributed by atoms with Crippen LogP contribution in [0.3, 0.4) is 0 Å². The van der Waals surface area contributed by atoms with E-state index in [4.69, 9.17) is 13.9 Å². The third-order valence-corrected chi connectivity index (χ3v) is 1.56. The summed E-state index contributed by atoms with van der Waals surface area (Å²) in [5.41, 5.74) is 0. The number of ether oxygens (including phenoxy) is 2. The van der Waals surface area contributed by atoms with E-state index in [1.54, 1.807) is 14.2 Å². The fraction of sp³-hybridized carbons (Fsp3) is 0.556. The molecule has 0 aliphatic heterocycles. The van der Waals surface area contributed by atoms with Crippen molar-refractivity contribution in [3.05, 3.63) is 23.7 Å². The molecule has 12 heavy (non-hydrogen) atoms. The third-order valence-electron chi connectivity index (χ3n) is 1.56. The van der Waals surface area contributed by atoms with Crippen LogP contribution in [0.25, 0.3) is 0 Å². The van der Waals surface area contributed by atoms with Crippen molar-refractivity contribution in [1.82, 2.24) is 0 Å². The molecule has 1 rings (SSSR count). The average molecular weight is 170 g/mol. The summed E-state index contributed by atoms with van der Waals surface area (Å²) in [7, 11) is 3.33. The summed E-state index contributed by atoms with van der Waals surface area (Å²) in [5, 5.41) is 0. The second-order valence-corrected chi connectivity index (χ2v) is 2.54. The molecule has 0 aliphatic carbocycles. The lowest BCUT2D eigenvalue weighted by Crippen LogP contribution is -1.92. The Morgan fingerprint density at radius 1 is 1.17 bits per heavy atom. The van der Waals surface area contributed by atoms with Crippen LogP contribution in [-0.2, 0) is 22.5 Å². The lowest BCUT2D eigenvalue weighted by molar-refractivity contribution is 0.159. The lowest BCUT2D eigenvalue weighted by atomic mass is 10.3. The van der Waals surface area contributed by atoms with Crippen LogP contribution in [0.2, 0.25) is 0 Å². The van der Waals surface area contributed by atoms with Gasteiger partial charge in [0.1, 0.15) is 18.1 Å². The van der Waals surface area contributed by atoms with Gasteiger partial charge in [0.2, 0.25) is 0 Å². The van der Waals surface area contributed by atoms with E-state index in [0.717, 1.165) is 17.9 Å². The van der Waals surface area contributed by atoms with Gasteiger partial charge in [0.05, 0.1) is 6.61 Å². The minimum atomic E-state index is 0.535. The third kappa shape index (κ3) is 2.68. The van der Waals surface area contributed by atoms with Gasteiger partial charge in [-0.3, -0.25) is 0 Å². The maximum absolute atomic E-state index is 5.42. The molecule has 3 nitrogen and oxygen atoms in total. The van der Waals surface area contributed by atoms with Gasteiger partial charge in [-0.05, 0) is 12.1 Å². The molecular formula is C9H14O3. The van der Waals surface area contributed by atoms with Crippen LogP contribution in [0.5, 0.6) is 0 Å². The zero-order chi connectivity index (χ0) is 8.81. The van der Waals surface area contributed by atoms with E-state index in [1.165, 1.54) is 0 Å². The number of methoxy groups -OCH3 is 2. The molecule has 3 heteroatoms. The fourth-order valence-electron chi connectivity index (χ4n) is 0.979. The highest BCUT2D eigenvalue weighted by molar-refractivity contribution is 5.06. The number of furan rings is 1. The Bertz CT molecular complexity index is 217. The van der Waals surface area contributed by atoms with Crippen LogP contribution < -0.4 is 0 Å². The molecule has 0 fully saturated rings. The van der Waals surface area contributed by atoms with E-state index < -0.39 is 0 Å². The average Bonchev–Trinajstić information content (AvgIpc) is 2.50. The molecule has 0 bridgehead atoms. The molecule has 1 aromatic heterocycles. The van der Waals surface area contributed by atoms with Crippen LogP contribution in [0, 0.1) is 0 Å². The molecule has 0 unspecified atom stereocenters. The molecule has 1 heterocycles. The zero-order valence-electron chi connectivity index (χ0n) is 7.50. The van der Waals surface area contributed by atoms with Crippen LogP contribution in [0.4, 0.5) is 0 Å². The second kappa shape index (κ2) is 4.95. The molecule has 0 saturated heterocycles. The summed E-state index contributed by atoms with van der Waals surface area (Å²) in [6, 6.07) is 3.88. The van der Waals surface area contributed by atoms with Gasteiger partial charge in [-0.2, -0.15) is 0 Å². The van der Waals surface area contributed by atoms with Gasteiger partial charge in [-0.15, -0.1) is 0 Å². The Morgan fingerprint density at radius 3 is 2.58 bits per heavy atom. The summed E-state index contributed by atoms with van der Waals surface area (Å²) in [6.45, 7) is 1.23. The first-order chi connectivity index (χ1) is 5.86. The molecule has 0 radical (unpaired) electrons. The Hall–Kier alpha value is -0.800. The largest absolute Gasteiger partial charge is 0.464 e. The molecule has 0 aliphatic rings. The highest BCUT2D eigenvalue weighted by Gasteiger charge is 2.00. The predicted octanol–water partition coefficient (Wildman–Crippen LogP) is 1.61. The molecule has 0 saturated carbocycles. The summed E-state index contributed by atoms with van der Waals surface area (Å²) in [4.78, 5) is 0. The van der Waals surface area contributed by atoms with Gasteiger partial charge in [-0.25, -0.2) is 0 Å². The Morgan fingerprint density at radius 2 is 1.92 bits per heavy atom. The highest BCUT2D eigenvalue weighted by Crippen LogP contribution is 2.09. The maximum Gasteiger partial charge on any atom is 0.129 e. The summed E-state index contributed by atoms with van der Waals surface area (Å²) < 4.78 is 15.3. The monoisotopic (exact) mass is 170 g/mol. The van der Waals surface area contributed by atoms with Crippen LogP contribution >= 0.6 is 0 Å². The van der Waals surface area contributed by atoms with Gasteiger partial charge in [0.15, 0.2) is 0 Å². The number of hydrogen-bond acceptors (Lipinski definition) is 3. The van der Waals surface area contributed by atoms with E-state index in [2.05, 4.69) is 0 Å². The molecule has 0 amide bonds. The first-order valence-corrected chi connectivity index (χ1v) is 3.92. The molecule has 68 valence electrons. The van der Waals surface area contributed by atoms with Crippen LogP contribution in [0.15, 0.2) is 16.5 Å². The van der Waals surface area contributed by atoms with E-state index >= 15 is 0 Å². The van der Waals surface area contributed by atoms with Crippen molar-refractivity contribution in [3.8, 4) is 0 Å². The molecule has 0 aromatic carbocycles. The van der Waals surface area contributed by atoms with Crippen molar-refractivity contribution in [3.63, 3.8) is 0 Å². The second-order valence-electron chi connectivity index (χ2n) is 2.54. The minimum Gasteiger partial charge on any atom is -0.464 e. The molecule has 1 aromatic rings. The fourth-order valence-corrected chi connectivity index (χ4v) is 0.979. The van der Waals surface area contributed by atoms with Crippen molar-refractivity contribution >= 4 is 0 Å². The van der Waals surface area contributed by atoms with Crippen molar-refractivity contribution in [1.29, 1.82) is 0 Å². The van der Waals surface area contributed by atoms with E-state index in [9.17, 15) is 0 Å². The minimum absolute atomic E-state index is 0.535. The number of hydrogen-bond donors (Lipinski definition) is 0. The van der Waals surface area contributed by atoms with Gasteiger partial charge < -0.3 is 13.9 Å². The Kier molecular flexibility index (Phi) is 3.84. The standard InChI is InChI=1S/C9H14O3/c1-10-6-5-8-3-4-9(12-8)7-11-2/h3-4H,5-7H2,1-2H3. The van der Waals surface area contributed by atoms with Crippen molar-refractivity contribution < 1.29 is 13.9 Å². The van der Waals surface area contributed by atoms with Gasteiger partial charge in [0.25, 0.3) is 0 Å². The normalized spacial score (nSPS) is 10.5. The Labute approximate surface area is 72.3 Å². The molecule has 0 N–H and O–H groups in total. The Balaban J connectivity index is 2.41. The topological polar surface area (TPSA) is 31.6 Å². The summed E-state index contributed by atoms with van der Waals surface area (Å²) >= 11 is 0. The smallest absolute Gasteiger partial charge is 0.129 e. The summed E-state index contributed by atoms with van der Waals surface area (Å²) in [6.07, 6.45) is 0.820. The SMILES string of the molecule is COCCc1ccc(COC)o1. The van der Waals surface area contributed by atoms with Gasteiger partial charge in [-0.1, -0.05) is 0 Å². The van der Waals surface area contributed by atoms with Crippen LogP contribution in [-0.4, -0.2) is 20.8 Å². The predicted molar refractivity (Wildman–Crippen MR) is 45.0 cm³/mol. The van der Waals surface area contributed by atoms with Gasteiger partial charge in [0, 0.05) is 20.6 Å². The van der Waals surface area contributed by atoms with Gasteiger partial charge >= 0.3 is 0 Å². The summed E-state index contributed by atoms with van der Waals surface area (Å²) in [5.74, 6) is 1.81. The molecule has 0 spiro atoms. The highest BCUT2D eigenvalue weighted by atomic mass is 16.5. The van der Waals surface area contributed by atoms with Crippen molar-refractivity contribution in [2.24, 2.45) is 0 Å². The van der Waals surface area contributed by atoms with Crippen LogP contribution in [0.1, 0.15) is 11.5 Å². The lowest BCUT2D eigenvalue weighted by Gasteiger charge is -1.95. The first-order valence-electron chi connectivity index (χ1n) is 3.92. The molecular weight excluding hydrogens is 156 g/mol. The molecule has 0 atom stereocenters. The van der Waals surface area contributed by atoms with E-state index in [-0.39, 0.29) is 0 Å². The maximum atomic E-state index is 5.42. The van der Waals surface area contributed by atoms with Crippen molar-refractivity contribution in [2.45, 2.75) is 13.0 Å². The zero-order valence-corrected chi connectivity index (χ0v) is 7.50. The van der Waals surface area contributed by atoms with E-state index in [1.807, 2.05) is 12.1 Å². The quantitative estimate of drug-likeness (QED) is 0.672.